The van der Waals surface area contributed by atoms with Crippen molar-refractivity contribution in [3.63, 3.8) is 0 Å². The first-order chi connectivity index (χ1) is 12.0. The van der Waals surface area contributed by atoms with Gasteiger partial charge in [-0.05, 0) is 37.1 Å². The van der Waals surface area contributed by atoms with Crippen LogP contribution in [0.5, 0.6) is 0 Å². The lowest BCUT2D eigenvalue weighted by Gasteiger charge is -2.08. The van der Waals surface area contributed by atoms with Gasteiger partial charge in [-0.3, -0.25) is 9.89 Å². The summed E-state index contributed by atoms with van der Waals surface area (Å²) in [6.07, 6.45) is 0.361. The average Bonchev–Trinajstić information content (AvgIpc) is 2.99. The number of aromatic nitrogens is 3. The van der Waals surface area contributed by atoms with Crippen molar-refractivity contribution in [3.05, 3.63) is 76.6 Å². The molecule has 1 amide bonds. The number of aromatic amines is 1. The number of benzene rings is 2. The van der Waals surface area contributed by atoms with E-state index in [4.69, 9.17) is 0 Å². The molecule has 5 nitrogen and oxygen atoms in total. The Morgan fingerprint density at radius 2 is 2.00 bits per heavy atom. The van der Waals surface area contributed by atoms with E-state index in [0.717, 1.165) is 16.8 Å². The second-order valence-corrected chi connectivity index (χ2v) is 6.01. The van der Waals surface area contributed by atoms with Gasteiger partial charge in [0.05, 0.1) is 6.42 Å². The predicted octanol–water partition coefficient (Wildman–Crippen LogP) is 3.33. The van der Waals surface area contributed by atoms with Crippen molar-refractivity contribution in [2.75, 3.05) is 5.32 Å². The van der Waals surface area contributed by atoms with Gasteiger partial charge in [-0.2, -0.15) is 5.10 Å². The highest BCUT2D eigenvalue weighted by Gasteiger charge is 2.12. The van der Waals surface area contributed by atoms with E-state index in [1.54, 1.807) is 18.2 Å². The maximum Gasteiger partial charge on any atom is 0.232 e. The number of nitrogens with one attached hydrogen (secondary N) is 2. The molecule has 25 heavy (non-hydrogen) atoms. The van der Waals surface area contributed by atoms with Crippen LogP contribution in [0.1, 0.15) is 28.3 Å². The van der Waals surface area contributed by atoms with Crippen LogP contribution < -0.4 is 5.32 Å². The van der Waals surface area contributed by atoms with Gasteiger partial charge in [-0.15, -0.1) is 0 Å². The van der Waals surface area contributed by atoms with E-state index in [2.05, 4.69) is 20.5 Å². The summed E-state index contributed by atoms with van der Waals surface area (Å²) in [6, 6.07) is 12.4. The molecule has 1 aromatic heterocycles. The summed E-state index contributed by atoms with van der Waals surface area (Å²) in [7, 11) is 0. The van der Waals surface area contributed by atoms with Crippen LogP contribution in [-0.4, -0.2) is 21.1 Å². The molecule has 2 aromatic carbocycles. The van der Waals surface area contributed by atoms with Crippen LogP contribution in [0, 0.1) is 19.7 Å². The number of hydrogen-bond acceptors (Lipinski definition) is 3. The number of hydrogen-bond donors (Lipinski definition) is 2. The van der Waals surface area contributed by atoms with Gasteiger partial charge >= 0.3 is 0 Å². The Labute approximate surface area is 145 Å². The van der Waals surface area contributed by atoms with Gasteiger partial charge in [0.25, 0.3) is 0 Å². The Kier molecular flexibility index (Phi) is 4.88. The molecule has 0 bridgehead atoms. The number of amides is 1. The van der Waals surface area contributed by atoms with Crippen LogP contribution in [0.15, 0.2) is 42.5 Å². The molecule has 3 aromatic rings. The zero-order valence-corrected chi connectivity index (χ0v) is 14.1. The Hall–Kier alpha value is -3.02. The molecule has 0 aliphatic rings. The summed E-state index contributed by atoms with van der Waals surface area (Å²) in [5.41, 5.74) is 3.45. The summed E-state index contributed by atoms with van der Waals surface area (Å²) in [5.74, 6) is 0.435. The molecule has 0 unspecified atom stereocenters. The number of carbonyl (C=O) groups excluding carboxylic acids is 1. The van der Waals surface area contributed by atoms with Gasteiger partial charge in [0.15, 0.2) is 5.82 Å². The Balaban J connectivity index is 1.63. The van der Waals surface area contributed by atoms with Gasteiger partial charge in [0.2, 0.25) is 5.91 Å². The van der Waals surface area contributed by atoms with Gasteiger partial charge in [-0.25, -0.2) is 9.37 Å². The Morgan fingerprint density at radius 1 is 1.20 bits per heavy atom. The maximum atomic E-state index is 13.7. The average molecular weight is 338 g/mol. The number of anilines is 1. The first kappa shape index (κ1) is 16.8. The topological polar surface area (TPSA) is 70.7 Å². The lowest BCUT2D eigenvalue weighted by Crippen LogP contribution is -2.16. The molecule has 0 saturated carbocycles. The summed E-state index contributed by atoms with van der Waals surface area (Å²) in [4.78, 5) is 16.4. The highest BCUT2D eigenvalue weighted by molar-refractivity contribution is 5.92. The normalized spacial score (nSPS) is 10.7. The third-order valence-corrected chi connectivity index (χ3v) is 3.87. The SMILES string of the molecule is Cc1ccc(NC(=O)Cc2n[nH]c(Cc3ccccc3F)n2)c(C)c1. The van der Waals surface area contributed by atoms with E-state index in [-0.39, 0.29) is 18.1 Å². The lowest BCUT2D eigenvalue weighted by molar-refractivity contribution is -0.115. The largest absolute Gasteiger partial charge is 0.325 e. The number of H-pyrrole nitrogens is 1. The summed E-state index contributed by atoms with van der Waals surface area (Å²) in [5, 5.41) is 9.66. The number of nitrogens with zero attached hydrogens (tertiary/aromatic N) is 2. The Bertz CT molecular complexity index is 904. The van der Waals surface area contributed by atoms with Crippen molar-refractivity contribution in [3.8, 4) is 0 Å². The summed E-state index contributed by atoms with van der Waals surface area (Å²) >= 11 is 0. The molecule has 0 atom stereocenters. The number of aryl methyl sites for hydroxylation is 2. The standard InChI is InChI=1S/C19H19FN4O/c1-12-7-8-16(13(2)9-12)21-19(25)11-18-22-17(23-24-18)10-14-5-3-4-6-15(14)20/h3-9H,10-11H2,1-2H3,(H,21,25)(H,22,23,24). The quantitative estimate of drug-likeness (QED) is 0.749. The molecule has 0 radical (unpaired) electrons. The van der Waals surface area contributed by atoms with Crippen LogP contribution in [-0.2, 0) is 17.6 Å². The predicted molar refractivity (Wildman–Crippen MR) is 93.8 cm³/mol. The van der Waals surface area contributed by atoms with E-state index in [1.807, 2.05) is 32.0 Å². The lowest BCUT2D eigenvalue weighted by atomic mass is 10.1. The highest BCUT2D eigenvalue weighted by atomic mass is 19.1. The molecule has 3 rings (SSSR count). The van der Waals surface area contributed by atoms with Crippen molar-refractivity contribution in [2.45, 2.75) is 26.7 Å². The van der Waals surface area contributed by atoms with E-state index < -0.39 is 0 Å². The molecule has 6 heteroatoms. The van der Waals surface area contributed by atoms with Crippen molar-refractivity contribution >= 4 is 11.6 Å². The third kappa shape index (κ3) is 4.29. The van der Waals surface area contributed by atoms with E-state index in [0.29, 0.717) is 23.6 Å². The summed E-state index contributed by atoms with van der Waals surface area (Å²) in [6.45, 7) is 3.95. The minimum absolute atomic E-state index is 0.0566. The van der Waals surface area contributed by atoms with Gasteiger partial charge in [-0.1, -0.05) is 35.9 Å². The minimum Gasteiger partial charge on any atom is -0.325 e. The second kappa shape index (κ2) is 7.25. The zero-order chi connectivity index (χ0) is 17.8. The molecular weight excluding hydrogens is 319 g/mol. The highest BCUT2D eigenvalue weighted by Crippen LogP contribution is 2.16. The van der Waals surface area contributed by atoms with E-state index in [9.17, 15) is 9.18 Å². The van der Waals surface area contributed by atoms with Crippen molar-refractivity contribution < 1.29 is 9.18 Å². The zero-order valence-electron chi connectivity index (χ0n) is 14.1. The van der Waals surface area contributed by atoms with E-state index in [1.165, 1.54) is 6.07 Å². The fourth-order valence-electron chi connectivity index (χ4n) is 2.61. The molecule has 128 valence electrons. The van der Waals surface area contributed by atoms with Gasteiger partial charge in [0, 0.05) is 12.1 Å². The molecular formula is C19H19FN4O. The molecule has 0 aliphatic heterocycles. The maximum absolute atomic E-state index is 13.7. The summed E-state index contributed by atoms with van der Waals surface area (Å²) < 4.78 is 13.7. The molecule has 0 aliphatic carbocycles. The van der Waals surface area contributed by atoms with Crippen LogP contribution in [0.2, 0.25) is 0 Å². The van der Waals surface area contributed by atoms with Crippen LogP contribution in [0.3, 0.4) is 0 Å². The van der Waals surface area contributed by atoms with Gasteiger partial charge in [0.1, 0.15) is 11.6 Å². The molecule has 0 spiro atoms. The van der Waals surface area contributed by atoms with Crippen LogP contribution in [0.4, 0.5) is 10.1 Å². The first-order valence-electron chi connectivity index (χ1n) is 8.02. The fraction of sp³-hybridized carbons (Fsp3) is 0.211. The molecule has 0 fully saturated rings. The number of halogens is 1. The molecule has 2 N–H and O–H groups in total. The Morgan fingerprint density at radius 3 is 2.76 bits per heavy atom. The third-order valence-electron chi connectivity index (χ3n) is 3.87. The first-order valence-corrected chi connectivity index (χ1v) is 8.02. The van der Waals surface area contributed by atoms with Gasteiger partial charge < -0.3 is 5.32 Å². The smallest absolute Gasteiger partial charge is 0.232 e. The monoisotopic (exact) mass is 338 g/mol. The molecule has 0 saturated heterocycles. The van der Waals surface area contributed by atoms with Crippen molar-refractivity contribution in [1.82, 2.24) is 15.2 Å². The fourth-order valence-corrected chi connectivity index (χ4v) is 2.61. The van der Waals surface area contributed by atoms with E-state index >= 15 is 0 Å². The van der Waals surface area contributed by atoms with Crippen LogP contribution >= 0.6 is 0 Å². The number of rotatable bonds is 5. The number of carbonyl (C=O) groups is 1. The second-order valence-electron chi connectivity index (χ2n) is 6.01. The van der Waals surface area contributed by atoms with Crippen LogP contribution in [0.25, 0.3) is 0 Å². The molecule has 1 heterocycles. The van der Waals surface area contributed by atoms with Crippen molar-refractivity contribution in [2.24, 2.45) is 0 Å². The van der Waals surface area contributed by atoms with Crippen molar-refractivity contribution in [1.29, 1.82) is 0 Å². The minimum atomic E-state index is -0.284.